The van der Waals surface area contributed by atoms with Gasteiger partial charge in [-0.25, -0.2) is 4.79 Å². The number of hydrogen-bond donors (Lipinski definition) is 2. The number of anilines is 1. The number of carbonyl (C=O) groups excluding carboxylic acids is 2. The van der Waals surface area contributed by atoms with E-state index in [-0.39, 0.29) is 21.8 Å². The molecular formula is C9H4ClNO4. The van der Waals surface area contributed by atoms with Gasteiger partial charge in [-0.05, 0) is 12.1 Å². The van der Waals surface area contributed by atoms with Crippen LogP contribution < -0.4 is 5.32 Å². The van der Waals surface area contributed by atoms with Crippen LogP contribution in [0.2, 0.25) is 5.02 Å². The fourth-order valence-electron chi connectivity index (χ4n) is 1.38. The number of Topliss-reactive ketones (excluding diaryl/α,β-unsaturated/α-hetero) is 1. The predicted molar refractivity (Wildman–Crippen MR) is 51.4 cm³/mol. The lowest BCUT2D eigenvalue weighted by Crippen LogP contribution is -2.12. The maximum atomic E-state index is 11.3. The smallest absolute Gasteiger partial charge is 0.337 e. The third kappa shape index (κ3) is 1.37. The van der Waals surface area contributed by atoms with Crippen molar-refractivity contribution in [2.24, 2.45) is 0 Å². The van der Waals surface area contributed by atoms with E-state index in [0.717, 1.165) is 0 Å². The molecule has 0 radical (unpaired) electrons. The van der Waals surface area contributed by atoms with Crippen LogP contribution in [0.15, 0.2) is 12.1 Å². The summed E-state index contributed by atoms with van der Waals surface area (Å²) in [6.45, 7) is 0. The Hall–Kier alpha value is -1.88. The molecule has 15 heavy (non-hydrogen) atoms. The number of rotatable bonds is 1. The van der Waals surface area contributed by atoms with Crippen LogP contribution in [-0.2, 0) is 4.79 Å². The summed E-state index contributed by atoms with van der Waals surface area (Å²) in [7, 11) is 0. The minimum absolute atomic E-state index is 0.00454. The predicted octanol–water partition coefficient (Wildman–Crippen LogP) is 1.17. The molecule has 5 nitrogen and oxygen atoms in total. The molecule has 0 aliphatic carbocycles. The fourth-order valence-corrected chi connectivity index (χ4v) is 1.60. The molecule has 0 fully saturated rings. The van der Waals surface area contributed by atoms with Crippen LogP contribution in [0.5, 0.6) is 0 Å². The van der Waals surface area contributed by atoms with Crippen molar-refractivity contribution >= 4 is 34.9 Å². The molecule has 1 aromatic carbocycles. The molecule has 2 rings (SSSR count). The van der Waals surface area contributed by atoms with Gasteiger partial charge in [-0.3, -0.25) is 9.59 Å². The quantitative estimate of drug-likeness (QED) is 0.703. The molecule has 0 aromatic heterocycles. The zero-order valence-electron chi connectivity index (χ0n) is 7.20. The number of carbonyl (C=O) groups is 3. The normalized spacial score (nSPS) is 13.7. The lowest BCUT2D eigenvalue weighted by Gasteiger charge is -2.03. The first-order valence-electron chi connectivity index (χ1n) is 3.93. The number of carboxylic acid groups (broad SMARTS) is 1. The molecule has 1 heterocycles. The third-order valence-electron chi connectivity index (χ3n) is 2.02. The Labute approximate surface area is 88.7 Å². The van der Waals surface area contributed by atoms with Crippen molar-refractivity contribution in [3.8, 4) is 0 Å². The molecule has 6 heteroatoms. The van der Waals surface area contributed by atoms with Crippen LogP contribution in [0.4, 0.5) is 5.69 Å². The van der Waals surface area contributed by atoms with Gasteiger partial charge < -0.3 is 10.4 Å². The average molecular weight is 226 g/mol. The van der Waals surface area contributed by atoms with Crippen molar-refractivity contribution < 1.29 is 19.5 Å². The Morgan fingerprint density at radius 1 is 1.33 bits per heavy atom. The summed E-state index contributed by atoms with van der Waals surface area (Å²) in [5.41, 5.74) is -0.163. The van der Waals surface area contributed by atoms with E-state index < -0.39 is 17.7 Å². The van der Waals surface area contributed by atoms with Gasteiger partial charge in [0.1, 0.15) is 0 Å². The van der Waals surface area contributed by atoms with E-state index >= 15 is 0 Å². The zero-order valence-corrected chi connectivity index (χ0v) is 7.96. The number of fused-ring (bicyclic) bond motifs is 1. The topological polar surface area (TPSA) is 83.5 Å². The monoisotopic (exact) mass is 225 g/mol. The minimum atomic E-state index is -1.25. The van der Waals surface area contributed by atoms with Crippen LogP contribution in [0.3, 0.4) is 0 Å². The van der Waals surface area contributed by atoms with E-state index in [1.54, 1.807) is 0 Å². The van der Waals surface area contributed by atoms with Gasteiger partial charge in [0.15, 0.2) is 0 Å². The van der Waals surface area contributed by atoms with Crippen molar-refractivity contribution in [1.82, 2.24) is 0 Å². The first-order chi connectivity index (χ1) is 7.00. The van der Waals surface area contributed by atoms with Gasteiger partial charge in [-0.2, -0.15) is 0 Å². The third-order valence-corrected chi connectivity index (χ3v) is 2.24. The number of amides is 1. The van der Waals surface area contributed by atoms with Crippen molar-refractivity contribution in [2.45, 2.75) is 0 Å². The van der Waals surface area contributed by atoms with E-state index in [1.165, 1.54) is 12.1 Å². The maximum Gasteiger partial charge on any atom is 0.337 e. The van der Waals surface area contributed by atoms with Crippen molar-refractivity contribution in [3.05, 3.63) is 28.3 Å². The van der Waals surface area contributed by atoms with Crippen LogP contribution >= 0.6 is 11.6 Å². The van der Waals surface area contributed by atoms with E-state index in [4.69, 9.17) is 16.7 Å². The molecule has 1 aliphatic heterocycles. The molecule has 0 saturated carbocycles. The van der Waals surface area contributed by atoms with Gasteiger partial charge in [-0.1, -0.05) is 11.6 Å². The molecule has 1 amide bonds. The summed E-state index contributed by atoms with van der Waals surface area (Å²) in [5, 5.41) is 11.1. The van der Waals surface area contributed by atoms with E-state index in [9.17, 15) is 14.4 Å². The second-order valence-corrected chi connectivity index (χ2v) is 3.40. The summed E-state index contributed by atoms with van der Waals surface area (Å²) in [6.07, 6.45) is 0. The van der Waals surface area contributed by atoms with Crippen molar-refractivity contribution in [1.29, 1.82) is 0 Å². The van der Waals surface area contributed by atoms with Gasteiger partial charge in [-0.15, -0.1) is 0 Å². The van der Waals surface area contributed by atoms with Crippen molar-refractivity contribution in [2.75, 3.05) is 5.32 Å². The Morgan fingerprint density at radius 3 is 2.60 bits per heavy atom. The summed E-state index contributed by atoms with van der Waals surface area (Å²) < 4.78 is 0. The number of ketones is 1. The van der Waals surface area contributed by atoms with Gasteiger partial charge in [0.05, 0.1) is 16.8 Å². The highest BCUT2D eigenvalue weighted by molar-refractivity contribution is 6.52. The SMILES string of the molecule is O=C1Nc2c(C(=O)O)cc(Cl)cc2C1=O. The summed E-state index contributed by atoms with van der Waals surface area (Å²) in [6, 6.07) is 2.45. The maximum absolute atomic E-state index is 11.3. The summed E-state index contributed by atoms with van der Waals surface area (Å²) in [4.78, 5) is 33.1. The highest BCUT2D eigenvalue weighted by atomic mass is 35.5. The van der Waals surface area contributed by atoms with Gasteiger partial charge >= 0.3 is 5.97 Å². The first-order valence-corrected chi connectivity index (χ1v) is 4.31. The number of halogens is 1. The first kappa shape index (κ1) is 9.67. The molecular weight excluding hydrogens is 222 g/mol. The van der Waals surface area contributed by atoms with Crippen LogP contribution in [-0.4, -0.2) is 22.8 Å². The van der Waals surface area contributed by atoms with Crippen LogP contribution in [0.25, 0.3) is 0 Å². The molecule has 0 spiro atoms. The molecule has 0 unspecified atom stereocenters. The molecule has 1 aliphatic rings. The highest BCUT2D eigenvalue weighted by Crippen LogP contribution is 2.30. The van der Waals surface area contributed by atoms with E-state index in [1.807, 2.05) is 0 Å². The highest BCUT2D eigenvalue weighted by Gasteiger charge is 2.32. The molecule has 0 atom stereocenters. The van der Waals surface area contributed by atoms with E-state index in [2.05, 4.69) is 5.32 Å². The Kier molecular flexibility index (Phi) is 1.97. The number of hydrogen-bond acceptors (Lipinski definition) is 3. The Balaban J connectivity index is 2.73. The molecule has 1 aromatic rings. The molecule has 2 N–H and O–H groups in total. The van der Waals surface area contributed by atoms with Crippen molar-refractivity contribution in [3.63, 3.8) is 0 Å². The zero-order chi connectivity index (χ0) is 11.2. The van der Waals surface area contributed by atoms with Crippen LogP contribution in [0, 0.1) is 0 Å². The van der Waals surface area contributed by atoms with E-state index in [0.29, 0.717) is 0 Å². The van der Waals surface area contributed by atoms with Crippen LogP contribution in [0.1, 0.15) is 20.7 Å². The fraction of sp³-hybridized carbons (Fsp3) is 0. The van der Waals surface area contributed by atoms with Gasteiger partial charge in [0.25, 0.3) is 11.7 Å². The second kappa shape index (κ2) is 3.06. The standard InChI is InChI=1S/C9H4ClNO4/c10-3-1-4-6(5(2-3)9(14)15)11-8(13)7(4)12/h1-2H,(H,14,15)(H,11,12,13). The lowest BCUT2D eigenvalue weighted by atomic mass is 10.1. The summed E-state index contributed by atoms with van der Waals surface area (Å²) >= 11 is 5.63. The Bertz CT molecular complexity index is 509. The lowest BCUT2D eigenvalue weighted by molar-refractivity contribution is -0.112. The number of aromatic carboxylic acids is 1. The van der Waals surface area contributed by atoms with Gasteiger partial charge in [0, 0.05) is 5.02 Å². The molecule has 0 saturated heterocycles. The van der Waals surface area contributed by atoms with Gasteiger partial charge in [0.2, 0.25) is 0 Å². The molecule has 76 valence electrons. The minimum Gasteiger partial charge on any atom is -0.478 e. The second-order valence-electron chi connectivity index (χ2n) is 2.96. The summed E-state index contributed by atoms with van der Waals surface area (Å²) in [5.74, 6) is -2.85. The average Bonchev–Trinajstić information content (AvgIpc) is 2.43. The number of benzene rings is 1. The largest absolute Gasteiger partial charge is 0.478 e. The Morgan fingerprint density at radius 2 is 2.00 bits per heavy atom. The number of carboxylic acids is 1. The molecule has 0 bridgehead atoms. The number of nitrogens with one attached hydrogen (secondary N) is 1.